The van der Waals surface area contributed by atoms with Crippen LogP contribution in [0.1, 0.15) is 31.9 Å². The molecule has 0 bridgehead atoms. The van der Waals surface area contributed by atoms with Gasteiger partial charge in [-0.1, -0.05) is 19.9 Å². The van der Waals surface area contributed by atoms with Gasteiger partial charge < -0.3 is 15.5 Å². The van der Waals surface area contributed by atoms with E-state index in [9.17, 15) is 4.79 Å². The number of anilines is 2. The van der Waals surface area contributed by atoms with Gasteiger partial charge in [0.05, 0.1) is 18.2 Å². The van der Waals surface area contributed by atoms with E-state index in [0.29, 0.717) is 18.9 Å². The third-order valence-corrected chi connectivity index (χ3v) is 3.75. The van der Waals surface area contributed by atoms with Crippen molar-refractivity contribution in [1.29, 1.82) is 5.26 Å². The summed E-state index contributed by atoms with van der Waals surface area (Å²) in [5, 5.41) is 8.82. The van der Waals surface area contributed by atoms with Crippen LogP contribution in [0.25, 0.3) is 0 Å². The second-order valence-corrected chi connectivity index (χ2v) is 5.87. The van der Waals surface area contributed by atoms with Crippen LogP contribution in [0.3, 0.4) is 0 Å². The summed E-state index contributed by atoms with van der Waals surface area (Å²) in [5.41, 5.74) is 8.70. The highest BCUT2D eigenvalue weighted by atomic mass is 16.2. The van der Waals surface area contributed by atoms with E-state index < -0.39 is 6.04 Å². The van der Waals surface area contributed by atoms with Crippen LogP contribution in [-0.4, -0.2) is 26.0 Å². The van der Waals surface area contributed by atoms with E-state index in [-0.39, 0.29) is 5.91 Å². The predicted molar refractivity (Wildman–Crippen MR) is 84.1 cm³/mol. The van der Waals surface area contributed by atoms with Crippen molar-refractivity contribution in [2.75, 3.05) is 29.9 Å². The normalized spacial score (nSPS) is 17.0. The Morgan fingerprint density at radius 3 is 2.81 bits per heavy atom. The maximum Gasteiger partial charge on any atom is 0.248 e. The molecule has 1 aromatic carbocycles. The second-order valence-electron chi connectivity index (χ2n) is 5.87. The van der Waals surface area contributed by atoms with Crippen molar-refractivity contribution in [3.8, 4) is 6.07 Å². The van der Waals surface area contributed by atoms with Gasteiger partial charge in [-0.3, -0.25) is 4.79 Å². The van der Waals surface area contributed by atoms with Gasteiger partial charge in [-0.25, -0.2) is 0 Å². The molecule has 1 atom stereocenters. The van der Waals surface area contributed by atoms with Crippen LogP contribution >= 0.6 is 0 Å². The van der Waals surface area contributed by atoms with E-state index in [4.69, 9.17) is 11.0 Å². The van der Waals surface area contributed by atoms with Crippen molar-refractivity contribution in [2.45, 2.75) is 26.3 Å². The monoisotopic (exact) mass is 286 g/mol. The van der Waals surface area contributed by atoms with Crippen LogP contribution in [-0.2, 0) is 4.79 Å². The molecule has 2 N–H and O–H groups in total. The number of nitrogens with two attached hydrogens (primary N) is 1. The summed E-state index contributed by atoms with van der Waals surface area (Å²) in [5.74, 6) is 0.424. The second kappa shape index (κ2) is 6.15. The Morgan fingerprint density at radius 2 is 2.19 bits per heavy atom. The van der Waals surface area contributed by atoms with E-state index >= 15 is 0 Å². The Kier molecular flexibility index (Phi) is 4.49. The SMILES string of the molecule is CC(C)CN(CCC#N)c1ccc2c(c1)N(C)C(=O)C2N. The van der Waals surface area contributed by atoms with Crippen molar-refractivity contribution in [3.63, 3.8) is 0 Å². The third-order valence-electron chi connectivity index (χ3n) is 3.75. The van der Waals surface area contributed by atoms with Crippen LogP contribution in [0.2, 0.25) is 0 Å². The van der Waals surface area contributed by atoms with Gasteiger partial charge in [0.25, 0.3) is 0 Å². The summed E-state index contributed by atoms with van der Waals surface area (Å²) in [7, 11) is 1.75. The first-order chi connectivity index (χ1) is 9.95. The molecule has 5 nitrogen and oxygen atoms in total. The van der Waals surface area contributed by atoms with E-state index in [2.05, 4.69) is 24.8 Å². The number of nitrogens with zero attached hydrogens (tertiary/aromatic N) is 3. The molecule has 0 spiro atoms. The number of likely N-dealkylation sites (N-methyl/N-ethyl adjacent to an activating group) is 1. The Labute approximate surface area is 125 Å². The number of amides is 1. The topological polar surface area (TPSA) is 73.4 Å². The molecule has 1 aliphatic rings. The van der Waals surface area contributed by atoms with Crippen LogP contribution in [0.4, 0.5) is 11.4 Å². The molecule has 1 aromatic rings. The number of carbonyl (C=O) groups is 1. The number of carbonyl (C=O) groups excluding carboxylic acids is 1. The molecule has 0 fully saturated rings. The average molecular weight is 286 g/mol. The first kappa shape index (κ1) is 15.3. The summed E-state index contributed by atoms with van der Waals surface area (Å²) in [4.78, 5) is 15.7. The van der Waals surface area contributed by atoms with Crippen molar-refractivity contribution in [1.82, 2.24) is 0 Å². The fourth-order valence-corrected chi connectivity index (χ4v) is 2.69. The molecular weight excluding hydrogens is 264 g/mol. The Balaban J connectivity index is 2.31. The zero-order valence-corrected chi connectivity index (χ0v) is 12.8. The minimum absolute atomic E-state index is 0.0745. The fourth-order valence-electron chi connectivity index (χ4n) is 2.69. The molecule has 0 aliphatic carbocycles. The van der Waals surface area contributed by atoms with Crippen molar-refractivity contribution in [3.05, 3.63) is 23.8 Å². The maximum atomic E-state index is 11.9. The lowest BCUT2D eigenvalue weighted by molar-refractivity contribution is -0.118. The van der Waals surface area contributed by atoms with Gasteiger partial charge in [-0.05, 0) is 18.1 Å². The average Bonchev–Trinajstić information content (AvgIpc) is 2.67. The molecule has 0 aromatic heterocycles. The highest BCUT2D eigenvalue weighted by molar-refractivity contribution is 6.04. The van der Waals surface area contributed by atoms with Crippen molar-refractivity contribution < 1.29 is 4.79 Å². The molecule has 1 heterocycles. The standard InChI is InChI=1S/C16H22N4O/c1-11(2)10-20(8-4-7-17)12-5-6-13-14(9-12)19(3)16(21)15(13)18/h5-6,9,11,15H,4,8,10,18H2,1-3H3. The molecular formula is C16H22N4O. The first-order valence-electron chi connectivity index (χ1n) is 7.24. The van der Waals surface area contributed by atoms with E-state index in [1.165, 1.54) is 0 Å². The summed E-state index contributed by atoms with van der Waals surface area (Å²) in [6.07, 6.45) is 0.484. The van der Waals surface area contributed by atoms with Gasteiger partial charge in [-0.15, -0.1) is 0 Å². The fraction of sp³-hybridized carbons (Fsp3) is 0.500. The smallest absolute Gasteiger partial charge is 0.248 e. The van der Waals surface area contributed by atoms with Gasteiger partial charge in [0.15, 0.2) is 0 Å². The van der Waals surface area contributed by atoms with Crippen molar-refractivity contribution in [2.24, 2.45) is 11.7 Å². The molecule has 0 saturated carbocycles. The first-order valence-corrected chi connectivity index (χ1v) is 7.24. The molecule has 0 radical (unpaired) electrons. The van der Waals surface area contributed by atoms with Crippen LogP contribution < -0.4 is 15.5 Å². The molecule has 112 valence electrons. The highest BCUT2D eigenvalue weighted by Crippen LogP contribution is 2.36. The zero-order valence-electron chi connectivity index (χ0n) is 12.8. The molecule has 2 rings (SSSR count). The Bertz CT molecular complexity index is 576. The number of hydrogen-bond donors (Lipinski definition) is 1. The van der Waals surface area contributed by atoms with Gasteiger partial charge in [0, 0.05) is 31.4 Å². The zero-order chi connectivity index (χ0) is 15.6. The third kappa shape index (κ3) is 3.01. The molecule has 0 saturated heterocycles. The number of fused-ring (bicyclic) bond motifs is 1. The van der Waals surface area contributed by atoms with Crippen LogP contribution in [0.15, 0.2) is 18.2 Å². The number of nitriles is 1. The summed E-state index contributed by atoms with van der Waals surface area (Å²) in [6.45, 7) is 5.87. The van der Waals surface area contributed by atoms with Gasteiger partial charge in [0.1, 0.15) is 6.04 Å². The quantitative estimate of drug-likeness (QED) is 0.899. The van der Waals surface area contributed by atoms with E-state index in [1.54, 1.807) is 11.9 Å². The minimum Gasteiger partial charge on any atom is -0.370 e. The Hall–Kier alpha value is -2.06. The molecule has 1 unspecified atom stereocenters. The summed E-state index contributed by atoms with van der Waals surface area (Å²) < 4.78 is 0. The predicted octanol–water partition coefficient (Wildman–Crippen LogP) is 2.04. The van der Waals surface area contributed by atoms with Gasteiger partial charge >= 0.3 is 0 Å². The van der Waals surface area contributed by atoms with Crippen LogP contribution in [0.5, 0.6) is 0 Å². The minimum atomic E-state index is -0.559. The van der Waals surface area contributed by atoms with Crippen molar-refractivity contribution >= 4 is 17.3 Å². The number of rotatable bonds is 5. The highest BCUT2D eigenvalue weighted by Gasteiger charge is 2.32. The number of benzene rings is 1. The lowest BCUT2D eigenvalue weighted by Crippen LogP contribution is -2.29. The molecule has 21 heavy (non-hydrogen) atoms. The van der Waals surface area contributed by atoms with E-state index in [0.717, 1.165) is 23.5 Å². The maximum absolute atomic E-state index is 11.9. The largest absolute Gasteiger partial charge is 0.370 e. The summed E-state index contributed by atoms with van der Waals surface area (Å²) in [6, 6.07) is 7.55. The van der Waals surface area contributed by atoms with Gasteiger partial charge in [0.2, 0.25) is 5.91 Å². The lowest BCUT2D eigenvalue weighted by Gasteiger charge is -2.26. The van der Waals surface area contributed by atoms with Crippen LogP contribution in [0, 0.1) is 17.2 Å². The summed E-state index contributed by atoms with van der Waals surface area (Å²) >= 11 is 0. The molecule has 1 aliphatic heterocycles. The van der Waals surface area contributed by atoms with E-state index in [1.807, 2.05) is 18.2 Å². The Morgan fingerprint density at radius 1 is 1.48 bits per heavy atom. The number of hydrogen-bond acceptors (Lipinski definition) is 4. The molecule has 1 amide bonds. The van der Waals surface area contributed by atoms with Gasteiger partial charge in [-0.2, -0.15) is 5.26 Å². The molecule has 5 heteroatoms. The lowest BCUT2D eigenvalue weighted by atomic mass is 10.1.